The third-order valence-electron chi connectivity index (χ3n) is 0.545. The number of aliphatic hydroxyl groups is 1. The molecule has 0 aromatic heterocycles. The molecule has 1 unspecified atom stereocenters. The Bertz CT molecular complexity index is 89.7. The standard InChI is InChI=1S/C4H6O2S/c1-3(5)4(6)2-7/h2,4,6H,1H3. The molecule has 1 atom stereocenters. The maximum atomic E-state index is 10.0. The van der Waals surface area contributed by atoms with Crippen molar-refractivity contribution in [3.05, 3.63) is 0 Å². The van der Waals surface area contributed by atoms with E-state index in [1.165, 1.54) is 6.92 Å². The van der Waals surface area contributed by atoms with Crippen LogP contribution in [0.25, 0.3) is 0 Å². The highest BCUT2D eigenvalue weighted by Gasteiger charge is 2.01. The van der Waals surface area contributed by atoms with Crippen molar-refractivity contribution in [3.8, 4) is 0 Å². The number of hydrogen-bond acceptors (Lipinski definition) is 3. The molecule has 0 saturated heterocycles. The highest BCUT2D eigenvalue weighted by molar-refractivity contribution is 7.79. The van der Waals surface area contributed by atoms with Crippen LogP contribution in [0.3, 0.4) is 0 Å². The summed E-state index contributed by atoms with van der Waals surface area (Å²) in [6, 6.07) is 0. The summed E-state index contributed by atoms with van der Waals surface area (Å²) in [7, 11) is 0. The van der Waals surface area contributed by atoms with E-state index in [1.54, 1.807) is 0 Å². The van der Waals surface area contributed by atoms with Gasteiger partial charge in [-0.05, 0) is 6.92 Å². The van der Waals surface area contributed by atoms with E-state index < -0.39 is 6.10 Å². The van der Waals surface area contributed by atoms with Gasteiger partial charge in [0.2, 0.25) is 0 Å². The molecule has 0 aliphatic carbocycles. The van der Waals surface area contributed by atoms with E-state index in [2.05, 4.69) is 12.2 Å². The van der Waals surface area contributed by atoms with Crippen molar-refractivity contribution in [2.45, 2.75) is 13.0 Å². The van der Waals surface area contributed by atoms with E-state index in [0.717, 1.165) is 5.37 Å². The molecule has 1 N–H and O–H groups in total. The van der Waals surface area contributed by atoms with Crippen LogP contribution < -0.4 is 0 Å². The van der Waals surface area contributed by atoms with Gasteiger partial charge in [0.1, 0.15) is 6.10 Å². The molecule has 40 valence electrons. The number of hydrogen-bond donors (Lipinski definition) is 1. The zero-order chi connectivity index (χ0) is 5.86. The summed E-state index contributed by atoms with van der Waals surface area (Å²) in [5, 5.41) is 9.46. The van der Waals surface area contributed by atoms with Crippen LogP contribution in [-0.2, 0) is 4.79 Å². The fourth-order valence-corrected chi connectivity index (χ4v) is 0.287. The molecule has 3 heteroatoms. The predicted molar refractivity (Wildman–Crippen MR) is 30.3 cm³/mol. The molecular formula is C4H6O2S. The Morgan fingerprint density at radius 2 is 2.43 bits per heavy atom. The Labute approximate surface area is 47.1 Å². The SMILES string of the molecule is CC(=O)C(O)C=S. The smallest absolute Gasteiger partial charge is 0.162 e. The summed E-state index contributed by atoms with van der Waals surface area (Å²) in [5.41, 5.74) is 0. The highest BCUT2D eigenvalue weighted by atomic mass is 32.1. The second-order valence-electron chi connectivity index (χ2n) is 1.19. The van der Waals surface area contributed by atoms with E-state index in [1.807, 2.05) is 0 Å². The molecule has 0 saturated carbocycles. The Balaban J connectivity index is 3.55. The maximum absolute atomic E-state index is 10.0. The maximum Gasteiger partial charge on any atom is 0.162 e. The minimum Gasteiger partial charge on any atom is -0.380 e. The first-order valence-corrected chi connectivity index (χ1v) is 2.29. The lowest BCUT2D eigenvalue weighted by Crippen LogP contribution is -2.16. The monoisotopic (exact) mass is 118 g/mol. The molecule has 0 aliphatic heterocycles. The minimum absolute atomic E-state index is 0.310. The summed E-state index contributed by atoms with van der Waals surface area (Å²) in [6.45, 7) is 1.29. The second-order valence-corrected chi connectivity index (χ2v) is 1.46. The molecule has 0 aromatic carbocycles. The highest BCUT2D eigenvalue weighted by Crippen LogP contribution is 1.77. The molecule has 0 fully saturated rings. The fraction of sp³-hybridized carbons (Fsp3) is 0.500. The average molecular weight is 118 g/mol. The van der Waals surface area contributed by atoms with E-state index in [4.69, 9.17) is 5.11 Å². The van der Waals surface area contributed by atoms with Crippen LogP contribution in [0.15, 0.2) is 0 Å². The molecule has 0 heterocycles. The van der Waals surface area contributed by atoms with E-state index >= 15 is 0 Å². The van der Waals surface area contributed by atoms with Gasteiger partial charge < -0.3 is 5.11 Å². The van der Waals surface area contributed by atoms with Crippen molar-refractivity contribution in [2.75, 3.05) is 0 Å². The molecule has 0 bridgehead atoms. The van der Waals surface area contributed by atoms with Gasteiger partial charge in [-0.3, -0.25) is 4.79 Å². The summed E-state index contributed by atoms with van der Waals surface area (Å²) < 4.78 is 0. The number of ketones is 1. The lowest BCUT2D eigenvalue weighted by molar-refractivity contribution is -0.121. The molecule has 0 amide bonds. The van der Waals surface area contributed by atoms with E-state index in [9.17, 15) is 4.79 Å². The lowest BCUT2D eigenvalue weighted by Gasteiger charge is -1.92. The summed E-state index contributed by atoms with van der Waals surface area (Å²) in [4.78, 5) is 10.0. The Morgan fingerprint density at radius 3 is 2.43 bits per heavy atom. The minimum atomic E-state index is -1.05. The average Bonchev–Trinajstić information content (AvgIpc) is 1.65. The number of aliphatic hydroxyl groups excluding tert-OH is 1. The molecular weight excluding hydrogens is 112 g/mol. The van der Waals surface area contributed by atoms with Crippen LogP contribution in [0, 0.1) is 0 Å². The fourth-order valence-electron chi connectivity index (χ4n) is 0.0958. The summed E-state index contributed by atoms with van der Waals surface area (Å²) in [6.07, 6.45) is -1.05. The zero-order valence-corrected chi connectivity index (χ0v) is 4.73. The van der Waals surface area contributed by atoms with E-state index in [-0.39, 0.29) is 5.78 Å². The van der Waals surface area contributed by atoms with Crippen molar-refractivity contribution in [1.82, 2.24) is 0 Å². The van der Waals surface area contributed by atoms with Gasteiger partial charge in [-0.15, -0.1) is 0 Å². The van der Waals surface area contributed by atoms with Gasteiger partial charge in [-0.1, -0.05) is 12.2 Å². The van der Waals surface area contributed by atoms with Crippen molar-refractivity contribution >= 4 is 23.4 Å². The van der Waals surface area contributed by atoms with Gasteiger partial charge >= 0.3 is 0 Å². The van der Waals surface area contributed by atoms with Crippen molar-refractivity contribution < 1.29 is 9.90 Å². The van der Waals surface area contributed by atoms with E-state index in [0.29, 0.717) is 0 Å². The van der Waals surface area contributed by atoms with Gasteiger partial charge in [0.05, 0.1) is 0 Å². The zero-order valence-electron chi connectivity index (χ0n) is 3.92. The van der Waals surface area contributed by atoms with Crippen LogP contribution in [0.5, 0.6) is 0 Å². The number of Topliss-reactive ketones (excluding diaryl/α,β-unsaturated/α-hetero) is 1. The van der Waals surface area contributed by atoms with Crippen LogP contribution in [0.2, 0.25) is 0 Å². The van der Waals surface area contributed by atoms with Crippen LogP contribution in [-0.4, -0.2) is 22.4 Å². The lowest BCUT2D eigenvalue weighted by atomic mass is 10.3. The molecule has 0 aliphatic rings. The van der Waals surface area contributed by atoms with Crippen LogP contribution in [0.1, 0.15) is 6.92 Å². The topological polar surface area (TPSA) is 37.3 Å². The molecule has 7 heavy (non-hydrogen) atoms. The second kappa shape index (κ2) is 2.82. The van der Waals surface area contributed by atoms with Gasteiger partial charge in [0.15, 0.2) is 5.78 Å². The van der Waals surface area contributed by atoms with Crippen molar-refractivity contribution in [1.29, 1.82) is 0 Å². The van der Waals surface area contributed by atoms with Gasteiger partial charge in [0, 0.05) is 5.37 Å². The summed E-state index contributed by atoms with van der Waals surface area (Å²) in [5.74, 6) is -0.310. The molecule has 2 nitrogen and oxygen atoms in total. The third-order valence-corrected chi connectivity index (χ3v) is 0.803. The number of carbonyl (C=O) groups excluding carboxylic acids is 1. The third kappa shape index (κ3) is 2.42. The van der Waals surface area contributed by atoms with Gasteiger partial charge in [0.25, 0.3) is 0 Å². The predicted octanol–water partition coefficient (Wildman–Crippen LogP) is -0.0640. The molecule has 0 rings (SSSR count). The van der Waals surface area contributed by atoms with Gasteiger partial charge in [-0.25, -0.2) is 0 Å². The summed E-state index contributed by atoms with van der Waals surface area (Å²) >= 11 is 4.26. The Kier molecular flexibility index (Phi) is 2.71. The van der Waals surface area contributed by atoms with Crippen molar-refractivity contribution in [2.24, 2.45) is 0 Å². The number of rotatable bonds is 2. The molecule has 0 aromatic rings. The molecule has 0 radical (unpaired) electrons. The normalized spacial score (nSPS) is 12.9. The Morgan fingerprint density at radius 1 is 2.00 bits per heavy atom. The quantitative estimate of drug-likeness (QED) is 0.516. The number of carbonyl (C=O) groups is 1. The van der Waals surface area contributed by atoms with Crippen LogP contribution in [0.4, 0.5) is 0 Å². The largest absolute Gasteiger partial charge is 0.380 e. The van der Waals surface area contributed by atoms with Crippen molar-refractivity contribution in [3.63, 3.8) is 0 Å². The number of thiocarbonyl (C=S) groups is 1. The Hall–Kier alpha value is -0.280. The first kappa shape index (κ1) is 6.72. The first-order valence-electron chi connectivity index (χ1n) is 1.82. The van der Waals surface area contributed by atoms with Crippen LogP contribution >= 0.6 is 12.2 Å². The van der Waals surface area contributed by atoms with Gasteiger partial charge in [-0.2, -0.15) is 0 Å². The molecule has 0 spiro atoms. The first-order chi connectivity index (χ1) is 3.18.